The van der Waals surface area contributed by atoms with Gasteiger partial charge in [-0.3, -0.25) is 4.79 Å². The number of ether oxygens (including phenoxy) is 2. The van der Waals surface area contributed by atoms with Crippen LogP contribution >= 0.6 is 0 Å². The second kappa shape index (κ2) is 7.07. The lowest BCUT2D eigenvalue weighted by Gasteiger charge is -2.39. The minimum absolute atomic E-state index is 0.201. The number of morpholine rings is 1. The number of nitrogens with zero attached hydrogens (tertiary/aromatic N) is 2. The van der Waals surface area contributed by atoms with Crippen molar-refractivity contribution >= 4 is 5.91 Å². The van der Waals surface area contributed by atoms with Crippen molar-refractivity contribution in [1.82, 2.24) is 9.80 Å². The van der Waals surface area contributed by atoms with Gasteiger partial charge in [-0.1, -0.05) is 0 Å². The molecule has 120 valence electrons. The van der Waals surface area contributed by atoms with Gasteiger partial charge in [-0.05, 0) is 44.6 Å². The minimum atomic E-state index is -0.247. The molecule has 3 aliphatic rings. The van der Waals surface area contributed by atoms with E-state index in [1.807, 2.05) is 4.90 Å². The van der Waals surface area contributed by atoms with E-state index < -0.39 is 0 Å². The molecule has 0 aromatic heterocycles. The van der Waals surface area contributed by atoms with Crippen LogP contribution in [0.1, 0.15) is 25.7 Å². The van der Waals surface area contributed by atoms with E-state index in [4.69, 9.17) is 9.47 Å². The molecule has 1 atom stereocenters. The summed E-state index contributed by atoms with van der Waals surface area (Å²) in [5, 5.41) is 0. The summed E-state index contributed by atoms with van der Waals surface area (Å²) in [5.41, 5.74) is 0. The number of rotatable bonds is 2. The molecule has 3 heterocycles. The van der Waals surface area contributed by atoms with Gasteiger partial charge in [0, 0.05) is 39.4 Å². The molecule has 0 saturated carbocycles. The molecule has 1 amide bonds. The lowest BCUT2D eigenvalue weighted by molar-refractivity contribution is -0.150. The summed E-state index contributed by atoms with van der Waals surface area (Å²) < 4.78 is 11.1. The third-order valence-electron chi connectivity index (χ3n) is 5.33. The number of hydrogen-bond donors (Lipinski definition) is 0. The van der Waals surface area contributed by atoms with Gasteiger partial charge in [0.25, 0.3) is 5.91 Å². The average Bonchev–Trinajstić information content (AvgIpc) is 2.55. The highest BCUT2D eigenvalue weighted by atomic mass is 16.5. The zero-order valence-electron chi connectivity index (χ0n) is 13.1. The smallest absolute Gasteiger partial charge is 0.253 e. The fourth-order valence-corrected chi connectivity index (χ4v) is 3.91. The summed E-state index contributed by atoms with van der Waals surface area (Å²) in [6, 6.07) is 0. The van der Waals surface area contributed by atoms with E-state index in [1.54, 1.807) is 0 Å². The summed E-state index contributed by atoms with van der Waals surface area (Å²) in [6.07, 6.45) is 4.46. The third kappa shape index (κ3) is 3.76. The number of piperidine rings is 1. The Morgan fingerprint density at radius 2 is 1.62 bits per heavy atom. The van der Waals surface area contributed by atoms with Crippen LogP contribution in [0.4, 0.5) is 0 Å². The monoisotopic (exact) mass is 296 g/mol. The number of carbonyl (C=O) groups excluding carboxylic acids is 1. The Morgan fingerprint density at radius 1 is 0.952 bits per heavy atom. The zero-order chi connectivity index (χ0) is 14.7. The normalized spacial score (nSPS) is 30.5. The summed E-state index contributed by atoms with van der Waals surface area (Å²) in [4.78, 5) is 16.7. The van der Waals surface area contributed by atoms with Crippen LogP contribution in [0, 0.1) is 11.8 Å². The van der Waals surface area contributed by atoms with Gasteiger partial charge < -0.3 is 19.3 Å². The van der Waals surface area contributed by atoms with E-state index in [9.17, 15) is 4.79 Å². The summed E-state index contributed by atoms with van der Waals surface area (Å²) in [5.74, 6) is 1.80. The van der Waals surface area contributed by atoms with Gasteiger partial charge in [-0.25, -0.2) is 0 Å². The van der Waals surface area contributed by atoms with Crippen LogP contribution in [0.5, 0.6) is 0 Å². The summed E-state index contributed by atoms with van der Waals surface area (Å²) in [6.45, 7) is 5.99. The highest BCUT2D eigenvalue weighted by Crippen LogP contribution is 2.32. The van der Waals surface area contributed by atoms with Crippen LogP contribution in [-0.4, -0.2) is 74.9 Å². The first-order valence-corrected chi connectivity index (χ1v) is 8.40. The quantitative estimate of drug-likeness (QED) is 0.762. The van der Waals surface area contributed by atoms with Crippen LogP contribution in [0.3, 0.4) is 0 Å². The molecule has 0 aliphatic carbocycles. The van der Waals surface area contributed by atoms with Crippen LogP contribution in [0.2, 0.25) is 0 Å². The first-order valence-electron chi connectivity index (χ1n) is 8.40. The van der Waals surface area contributed by atoms with E-state index >= 15 is 0 Å². The number of hydrogen-bond acceptors (Lipinski definition) is 4. The van der Waals surface area contributed by atoms with Gasteiger partial charge in [0.05, 0.1) is 6.61 Å². The molecule has 0 spiro atoms. The molecule has 0 bridgehead atoms. The maximum atomic E-state index is 12.5. The lowest BCUT2D eigenvalue weighted by atomic mass is 9.80. The molecule has 0 N–H and O–H groups in total. The predicted octanol–water partition coefficient (Wildman–Crippen LogP) is 0.982. The van der Waals surface area contributed by atoms with E-state index in [1.165, 1.54) is 12.8 Å². The van der Waals surface area contributed by atoms with Gasteiger partial charge in [0.2, 0.25) is 0 Å². The molecule has 0 aromatic carbocycles. The Morgan fingerprint density at radius 3 is 2.29 bits per heavy atom. The number of amides is 1. The van der Waals surface area contributed by atoms with Crippen molar-refractivity contribution in [2.24, 2.45) is 11.8 Å². The van der Waals surface area contributed by atoms with Crippen molar-refractivity contribution in [2.75, 3.05) is 53.0 Å². The summed E-state index contributed by atoms with van der Waals surface area (Å²) in [7, 11) is 2.06. The fourth-order valence-electron chi connectivity index (χ4n) is 3.91. The second-order valence-corrected chi connectivity index (χ2v) is 6.73. The maximum Gasteiger partial charge on any atom is 0.253 e. The Labute approximate surface area is 127 Å². The maximum absolute atomic E-state index is 12.5. The molecule has 0 unspecified atom stereocenters. The van der Waals surface area contributed by atoms with Gasteiger partial charge >= 0.3 is 0 Å². The van der Waals surface area contributed by atoms with Crippen LogP contribution in [-0.2, 0) is 14.3 Å². The average molecular weight is 296 g/mol. The van der Waals surface area contributed by atoms with Crippen LogP contribution < -0.4 is 0 Å². The molecule has 21 heavy (non-hydrogen) atoms. The predicted molar refractivity (Wildman–Crippen MR) is 80.1 cm³/mol. The molecule has 5 heteroatoms. The summed E-state index contributed by atoms with van der Waals surface area (Å²) >= 11 is 0. The third-order valence-corrected chi connectivity index (χ3v) is 5.33. The lowest BCUT2D eigenvalue weighted by Crippen LogP contribution is -2.52. The molecule has 3 fully saturated rings. The highest BCUT2D eigenvalue weighted by Gasteiger charge is 2.33. The van der Waals surface area contributed by atoms with Crippen molar-refractivity contribution in [3.05, 3.63) is 0 Å². The molecule has 5 nitrogen and oxygen atoms in total. The van der Waals surface area contributed by atoms with Crippen molar-refractivity contribution in [3.63, 3.8) is 0 Å². The fraction of sp³-hybridized carbons (Fsp3) is 0.938. The van der Waals surface area contributed by atoms with Crippen molar-refractivity contribution in [1.29, 1.82) is 0 Å². The molecule has 3 aliphatic heterocycles. The number of carbonyl (C=O) groups is 1. The SMILES string of the molecule is CN1CCO[C@H](C(=O)N2CCC(C3CCOCC3)CC2)C1. The molecule has 0 radical (unpaired) electrons. The molecule has 0 aromatic rings. The van der Waals surface area contributed by atoms with E-state index in [-0.39, 0.29) is 12.0 Å². The van der Waals surface area contributed by atoms with E-state index in [2.05, 4.69) is 11.9 Å². The number of likely N-dealkylation sites (N-methyl/N-ethyl adjacent to an activating group) is 1. The van der Waals surface area contributed by atoms with Crippen LogP contribution in [0.15, 0.2) is 0 Å². The van der Waals surface area contributed by atoms with Crippen LogP contribution in [0.25, 0.3) is 0 Å². The minimum Gasteiger partial charge on any atom is -0.381 e. The Hall–Kier alpha value is -0.650. The second-order valence-electron chi connectivity index (χ2n) is 6.73. The van der Waals surface area contributed by atoms with Gasteiger partial charge in [-0.15, -0.1) is 0 Å². The molecular formula is C16H28N2O3. The van der Waals surface area contributed by atoms with Gasteiger partial charge in [0.1, 0.15) is 6.10 Å². The molecule has 3 saturated heterocycles. The van der Waals surface area contributed by atoms with E-state index in [0.29, 0.717) is 6.61 Å². The first kappa shape index (κ1) is 15.3. The highest BCUT2D eigenvalue weighted by molar-refractivity contribution is 5.81. The number of likely N-dealkylation sites (tertiary alicyclic amines) is 1. The Bertz CT molecular complexity index is 349. The zero-order valence-corrected chi connectivity index (χ0v) is 13.1. The standard InChI is InChI=1S/C16H28N2O3/c1-17-8-11-21-15(12-17)16(19)18-6-2-13(3-7-18)14-4-9-20-10-5-14/h13-15H,2-12H2,1H3/t15-/m0/s1. The van der Waals surface area contributed by atoms with Gasteiger partial charge in [0.15, 0.2) is 0 Å². The van der Waals surface area contributed by atoms with Crippen molar-refractivity contribution < 1.29 is 14.3 Å². The Balaban J connectivity index is 1.47. The van der Waals surface area contributed by atoms with E-state index in [0.717, 1.165) is 64.1 Å². The first-order chi connectivity index (χ1) is 10.2. The Kier molecular flexibility index (Phi) is 5.14. The largest absolute Gasteiger partial charge is 0.381 e. The molecule has 3 rings (SSSR count). The topological polar surface area (TPSA) is 42.0 Å². The van der Waals surface area contributed by atoms with Gasteiger partial charge in [-0.2, -0.15) is 0 Å². The van der Waals surface area contributed by atoms with Crippen molar-refractivity contribution in [3.8, 4) is 0 Å². The van der Waals surface area contributed by atoms with Crippen molar-refractivity contribution in [2.45, 2.75) is 31.8 Å². The molecular weight excluding hydrogens is 268 g/mol.